The van der Waals surface area contributed by atoms with Crippen molar-refractivity contribution in [3.8, 4) is 0 Å². The summed E-state index contributed by atoms with van der Waals surface area (Å²) in [5.41, 5.74) is 1.12. The van der Waals surface area contributed by atoms with Crippen LogP contribution in [0, 0.1) is 0 Å². The quantitative estimate of drug-likeness (QED) is 0.479. The molecule has 1 aliphatic rings. The van der Waals surface area contributed by atoms with Gasteiger partial charge in [0.1, 0.15) is 6.10 Å². The van der Waals surface area contributed by atoms with E-state index in [1.165, 1.54) is 0 Å². The second-order valence-electron chi connectivity index (χ2n) is 4.73. The molecule has 2 rings (SSSR count). The van der Waals surface area contributed by atoms with Gasteiger partial charge in [0.15, 0.2) is 5.96 Å². The number of aromatic nitrogens is 2. The summed E-state index contributed by atoms with van der Waals surface area (Å²) < 4.78 is 7.64. The number of aryl methyl sites for hydroxylation is 1. The van der Waals surface area contributed by atoms with E-state index in [9.17, 15) is 0 Å². The van der Waals surface area contributed by atoms with Gasteiger partial charge in [-0.05, 0) is 6.42 Å². The van der Waals surface area contributed by atoms with Crippen LogP contribution in [0.3, 0.4) is 0 Å². The third-order valence-electron chi connectivity index (χ3n) is 3.21. The molecule has 0 aliphatic carbocycles. The van der Waals surface area contributed by atoms with Crippen LogP contribution in [0.15, 0.2) is 17.4 Å². The van der Waals surface area contributed by atoms with Crippen LogP contribution in [0.2, 0.25) is 0 Å². The Morgan fingerprint density at radius 3 is 3.00 bits per heavy atom. The number of aliphatic imine (C=N–C) groups is 1. The molecule has 6 nitrogen and oxygen atoms in total. The predicted molar refractivity (Wildman–Crippen MR) is 90.5 cm³/mol. The minimum absolute atomic E-state index is 0. The van der Waals surface area contributed by atoms with Gasteiger partial charge in [0, 0.05) is 38.9 Å². The van der Waals surface area contributed by atoms with Gasteiger partial charge in [0.25, 0.3) is 0 Å². The highest BCUT2D eigenvalue weighted by Crippen LogP contribution is 2.21. The average Bonchev–Trinajstić information content (AvgIpc) is 2.87. The topological polar surface area (TPSA) is 54.7 Å². The summed E-state index contributed by atoms with van der Waals surface area (Å²) in [7, 11) is 3.75. The summed E-state index contributed by atoms with van der Waals surface area (Å²) in [5.74, 6) is 0.957. The van der Waals surface area contributed by atoms with E-state index >= 15 is 0 Å². The summed E-state index contributed by atoms with van der Waals surface area (Å²) in [6, 6.07) is 0. The number of nitrogens with zero attached hydrogens (tertiary/aromatic N) is 4. The second kappa shape index (κ2) is 8.46. The first-order valence-electron chi connectivity index (χ1n) is 6.80. The first-order chi connectivity index (χ1) is 9.24. The number of guanidine groups is 1. The molecule has 1 aromatic heterocycles. The maximum Gasteiger partial charge on any atom is 0.193 e. The minimum Gasteiger partial charge on any atom is -0.370 e. The third-order valence-corrected chi connectivity index (χ3v) is 3.21. The smallest absolute Gasteiger partial charge is 0.193 e. The van der Waals surface area contributed by atoms with Gasteiger partial charge >= 0.3 is 0 Å². The van der Waals surface area contributed by atoms with Crippen molar-refractivity contribution in [2.24, 2.45) is 12.0 Å². The van der Waals surface area contributed by atoms with Crippen molar-refractivity contribution in [2.75, 3.05) is 33.3 Å². The molecule has 1 aromatic rings. The Morgan fingerprint density at radius 1 is 1.60 bits per heavy atom. The van der Waals surface area contributed by atoms with E-state index in [2.05, 4.69) is 27.2 Å². The van der Waals surface area contributed by atoms with E-state index in [1.807, 2.05) is 31.2 Å². The Morgan fingerprint density at radius 2 is 2.40 bits per heavy atom. The van der Waals surface area contributed by atoms with Gasteiger partial charge in [-0.25, -0.2) is 0 Å². The molecule has 0 amide bonds. The van der Waals surface area contributed by atoms with Gasteiger partial charge in [-0.1, -0.05) is 6.92 Å². The molecule has 114 valence electrons. The van der Waals surface area contributed by atoms with Crippen molar-refractivity contribution >= 4 is 29.9 Å². The van der Waals surface area contributed by atoms with Crippen molar-refractivity contribution in [1.29, 1.82) is 0 Å². The van der Waals surface area contributed by atoms with Crippen LogP contribution in [0.4, 0.5) is 0 Å². The summed E-state index contributed by atoms with van der Waals surface area (Å²) in [4.78, 5) is 6.58. The van der Waals surface area contributed by atoms with Crippen LogP contribution < -0.4 is 5.32 Å². The standard InChI is InChI=1S/C13H23N5O.HI/c1-4-5-15-13(14-2)18-6-7-19-12(10-18)11-8-16-17(3)9-11;/h8-9,12H,4-7,10H2,1-3H3,(H,14,15);1H. The predicted octanol–water partition coefficient (Wildman–Crippen LogP) is 1.40. The van der Waals surface area contributed by atoms with E-state index in [4.69, 9.17) is 4.74 Å². The molecule has 1 aliphatic heterocycles. The molecule has 1 N–H and O–H groups in total. The van der Waals surface area contributed by atoms with Crippen LogP contribution in [0.1, 0.15) is 25.0 Å². The number of rotatable bonds is 3. The molecule has 0 radical (unpaired) electrons. The van der Waals surface area contributed by atoms with E-state index in [1.54, 1.807) is 0 Å². The SMILES string of the molecule is CCCNC(=NC)N1CCOC(c2cnn(C)c2)C1.I. The van der Waals surface area contributed by atoms with Gasteiger partial charge in [-0.3, -0.25) is 9.67 Å². The molecular formula is C13H24IN5O. The van der Waals surface area contributed by atoms with Crippen LogP contribution in [-0.4, -0.2) is 53.9 Å². The maximum absolute atomic E-state index is 5.83. The fourth-order valence-corrected chi connectivity index (χ4v) is 2.22. The van der Waals surface area contributed by atoms with Crippen molar-refractivity contribution in [3.63, 3.8) is 0 Å². The van der Waals surface area contributed by atoms with Crippen LogP contribution >= 0.6 is 24.0 Å². The lowest BCUT2D eigenvalue weighted by molar-refractivity contribution is -0.00801. The molecule has 1 saturated heterocycles. The molecule has 0 bridgehead atoms. The lowest BCUT2D eigenvalue weighted by Crippen LogP contribution is -2.48. The molecule has 1 unspecified atom stereocenters. The molecule has 0 aromatic carbocycles. The second-order valence-corrected chi connectivity index (χ2v) is 4.73. The first-order valence-corrected chi connectivity index (χ1v) is 6.80. The van der Waals surface area contributed by atoms with Crippen molar-refractivity contribution in [1.82, 2.24) is 20.0 Å². The minimum atomic E-state index is 0. The van der Waals surface area contributed by atoms with Crippen molar-refractivity contribution in [3.05, 3.63) is 18.0 Å². The Hall–Kier alpha value is -0.830. The van der Waals surface area contributed by atoms with Gasteiger partial charge in [0.2, 0.25) is 0 Å². The van der Waals surface area contributed by atoms with E-state index in [0.717, 1.165) is 37.6 Å². The number of morpholine rings is 1. The highest BCUT2D eigenvalue weighted by molar-refractivity contribution is 14.0. The molecule has 20 heavy (non-hydrogen) atoms. The number of ether oxygens (including phenoxy) is 1. The van der Waals surface area contributed by atoms with Gasteiger partial charge in [-0.2, -0.15) is 5.10 Å². The Balaban J connectivity index is 0.00000200. The zero-order valence-corrected chi connectivity index (χ0v) is 14.7. The number of nitrogens with one attached hydrogen (secondary N) is 1. The average molecular weight is 393 g/mol. The fourth-order valence-electron chi connectivity index (χ4n) is 2.22. The van der Waals surface area contributed by atoms with E-state index < -0.39 is 0 Å². The molecule has 7 heteroatoms. The monoisotopic (exact) mass is 393 g/mol. The van der Waals surface area contributed by atoms with Gasteiger partial charge < -0.3 is 15.0 Å². The van der Waals surface area contributed by atoms with Crippen LogP contribution in [0.25, 0.3) is 0 Å². The summed E-state index contributed by atoms with van der Waals surface area (Å²) in [6.07, 6.45) is 5.05. The van der Waals surface area contributed by atoms with Crippen LogP contribution in [0.5, 0.6) is 0 Å². The summed E-state index contributed by atoms with van der Waals surface area (Å²) in [5, 5.41) is 7.57. The Labute approximate surface area is 137 Å². The lowest BCUT2D eigenvalue weighted by atomic mass is 10.1. The summed E-state index contributed by atoms with van der Waals surface area (Å²) >= 11 is 0. The Kier molecular flexibility index (Phi) is 7.28. The van der Waals surface area contributed by atoms with E-state index in [-0.39, 0.29) is 30.1 Å². The Bertz CT molecular complexity index is 434. The highest BCUT2D eigenvalue weighted by atomic mass is 127. The zero-order chi connectivity index (χ0) is 13.7. The molecule has 0 saturated carbocycles. The van der Waals surface area contributed by atoms with Gasteiger partial charge in [-0.15, -0.1) is 24.0 Å². The van der Waals surface area contributed by atoms with E-state index in [0.29, 0.717) is 6.61 Å². The summed E-state index contributed by atoms with van der Waals surface area (Å²) in [6.45, 7) is 5.50. The normalized spacial score (nSPS) is 19.6. The number of halogens is 1. The third kappa shape index (κ3) is 4.34. The molecule has 1 atom stereocenters. The van der Waals surface area contributed by atoms with Gasteiger partial charge in [0.05, 0.1) is 19.3 Å². The molecule has 1 fully saturated rings. The zero-order valence-electron chi connectivity index (χ0n) is 12.4. The van der Waals surface area contributed by atoms with Crippen molar-refractivity contribution in [2.45, 2.75) is 19.4 Å². The molecule has 2 heterocycles. The lowest BCUT2D eigenvalue weighted by Gasteiger charge is -2.34. The number of hydrogen-bond acceptors (Lipinski definition) is 3. The molecule has 0 spiro atoms. The number of hydrogen-bond donors (Lipinski definition) is 1. The van der Waals surface area contributed by atoms with Crippen LogP contribution in [-0.2, 0) is 11.8 Å². The largest absolute Gasteiger partial charge is 0.370 e. The highest BCUT2D eigenvalue weighted by Gasteiger charge is 2.24. The maximum atomic E-state index is 5.83. The first kappa shape index (κ1) is 17.2. The fraction of sp³-hybridized carbons (Fsp3) is 0.692. The molecular weight excluding hydrogens is 369 g/mol. The van der Waals surface area contributed by atoms with Crippen molar-refractivity contribution < 1.29 is 4.74 Å².